The smallest absolute Gasteiger partial charge is 0.194 e. The Kier molecular flexibility index (Phi) is 7.00. The van der Waals surface area contributed by atoms with Crippen LogP contribution in [-0.4, -0.2) is 70.3 Å². The van der Waals surface area contributed by atoms with Crippen molar-refractivity contribution in [1.29, 1.82) is 0 Å². The second-order valence-electron chi connectivity index (χ2n) is 7.92. The molecule has 2 aromatic rings. The fourth-order valence-corrected chi connectivity index (χ4v) is 5.04. The van der Waals surface area contributed by atoms with E-state index in [1.54, 1.807) is 7.11 Å². The standard InChI is InChI=1S/C23H33N5OS/c1-3-24-23(27-13-11-26(12-14-27)22-8-5-15-30-22)25-17-19-9-10-28(18-19)20-6-4-7-21(16-20)29-2/h4-8,15-16,19H,3,9-14,17-18H2,1-2H3,(H,24,25). The van der Waals surface area contributed by atoms with Crippen molar-refractivity contribution in [3.8, 4) is 5.75 Å². The molecule has 0 amide bonds. The SMILES string of the molecule is CCNC(=NCC1CCN(c2cccc(OC)c2)C1)N1CCN(c2cccs2)CC1. The fraction of sp³-hybridized carbons (Fsp3) is 0.522. The van der Waals surface area contributed by atoms with Gasteiger partial charge in [0.05, 0.1) is 12.1 Å². The molecule has 30 heavy (non-hydrogen) atoms. The third kappa shape index (κ3) is 5.01. The number of aliphatic imine (C=N–C) groups is 1. The lowest BCUT2D eigenvalue weighted by atomic mass is 10.1. The first-order valence-electron chi connectivity index (χ1n) is 11.0. The Hall–Kier alpha value is -2.41. The van der Waals surface area contributed by atoms with E-state index in [1.165, 1.54) is 17.1 Å². The van der Waals surface area contributed by atoms with Gasteiger partial charge in [0.1, 0.15) is 5.75 Å². The lowest BCUT2D eigenvalue weighted by Gasteiger charge is -2.37. The van der Waals surface area contributed by atoms with Crippen LogP contribution in [0.2, 0.25) is 0 Å². The quantitative estimate of drug-likeness (QED) is 0.566. The number of piperazine rings is 1. The van der Waals surface area contributed by atoms with Crippen molar-refractivity contribution in [3.05, 3.63) is 41.8 Å². The number of ether oxygens (including phenoxy) is 1. The van der Waals surface area contributed by atoms with Crippen molar-refractivity contribution >= 4 is 28.0 Å². The summed E-state index contributed by atoms with van der Waals surface area (Å²) in [6.07, 6.45) is 1.19. The van der Waals surface area contributed by atoms with Gasteiger partial charge in [-0.05, 0) is 48.9 Å². The van der Waals surface area contributed by atoms with Crippen molar-refractivity contribution in [2.75, 3.05) is 69.3 Å². The summed E-state index contributed by atoms with van der Waals surface area (Å²) in [6, 6.07) is 12.7. The van der Waals surface area contributed by atoms with Gasteiger partial charge in [0.25, 0.3) is 0 Å². The number of guanidine groups is 1. The maximum absolute atomic E-state index is 5.38. The Balaban J connectivity index is 1.32. The van der Waals surface area contributed by atoms with Crippen LogP contribution >= 0.6 is 11.3 Å². The van der Waals surface area contributed by atoms with Gasteiger partial charge in [0.2, 0.25) is 0 Å². The number of thiophene rings is 1. The zero-order chi connectivity index (χ0) is 20.8. The first kappa shape index (κ1) is 20.8. The average molecular weight is 428 g/mol. The molecule has 1 aromatic heterocycles. The Bertz CT molecular complexity index is 817. The van der Waals surface area contributed by atoms with Crippen molar-refractivity contribution in [3.63, 3.8) is 0 Å². The van der Waals surface area contributed by atoms with Crippen LogP contribution in [0.15, 0.2) is 46.8 Å². The van der Waals surface area contributed by atoms with E-state index in [2.05, 4.69) is 62.7 Å². The topological polar surface area (TPSA) is 43.3 Å². The highest BCUT2D eigenvalue weighted by molar-refractivity contribution is 7.14. The van der Waals surface area contributed by atoms with Gasteiger partial charge in [-0.2, -0.15) is 0 Å². The number of nitrogens with one attached hydrogen (secondary N) is 1. The number of nitrogens with zero attached hydrogens (tertiary/aromatic N) is 4. The Morgan fingerprint density at radius 3 is 2.73 bits per heavy atom. The first-order chi connectivity index (χ1) is 14.8. The number of rotatable bonds is 6. The van der Waals surface area contributed by atoms with Gasteiger partial charge in [0.15, 0.2) is 5.96 Å². The fourth-order valence-electron chi connectivity index (χ4n) is 4.25. The van der Waals surface area contributed by atoms with Crippen molar-refractivity contribution in [2.45, 2.75) is 13.3 Å². The molecule has 0 bridgehead atoms. The van der Waals surface area contributed by atoms with Gasteiger partial charge >= 0.3 is 0 Å². The number of methoxy groups -OCH3 is 1. The third-order valence-corrected chi connectivity index (χ3v) is 6.86. The summed E-state index contributed by atoms with van der Waals surface area (Å²) in [7, 11) is 1.73. The molecule has 0 radical (unpaired) electrons. The lowest BCUT2D eigenvalue weighted by molar-refractivity contribution is 0.372. The van der Waals surface area contributed by atoms with Gasteiger partial charge in [-0.15, -0.1) is 11.3 Å². The molecule has 1 unspecified atom stereocenters. The highest BCUT2D eigenvalue weighted by atomic mass is 32.1. The second-order valence-corrected chi connectivity index (χ2v) is 8.85. The molecule has 0 spiro atoms. The van der Waals surface area contributed by atoms with Crippen molar-refractivity contribution < 1.29 is 4.74 Å². The van der Waals surface area contributed by atoms with Gasteiger partial charge in [-0.1, -0.05) is 6.07 Å². The predicted molar refractivity (Wildman–Crippen MR) is 127 cm³/mol. The average Bonchev–Trinajstić information content (AvgIpc) is 3.49. The van der Waals surface area contributed by atoms with Crippen LogP contribution < -0.4 is 19.9 Å². The van der Waals surface area contributed by atoms with E-state index in [9.17, 15) is 0 Å². The zero-order valence-electron chi connectivity index (χ0n) is 18.1. The summed E-state index contributed by atoms with van der Waals surface area (Å²) in [5.41, 5.74) is 1.25. The first-order valence-corrected chi connectivity index (χ1v) is 11.9. The summed E-state index contributed by atoms with van der Waals surface area (Å²) in [5.74, 6) is 2.59. The van der Waals surface area contributed by atoms with Crippen LogP contribution in [0.25, 0.3) is 0 Å². The van der Waals surface area contributed by atoms with E-state index in [0.717, 1.165) is 64.1 Å². The molecule has 2 aliphatic heterocycles. The molecule has 3 heterocycles. The maximum atomic E-state index is 5.38. The van der Waals surface area contributed by atoms with Crippen LogP contribution in [0.3, 0.4) is 0 Å². The summed E-state index contributed by atoms with van der Waals surface area (Å²) in [4.78, 5) is 12.4. The largest absolute Gasteiger partial charge is 0.497 e. The summed E-state index contributed by atoms with van der Waals surface area (Å²) in [6.45, 7) is 10.2. The number of hydrogen-bond donors (Lipinski definition) is 1. The van der Waals surface area contributed by atoms with Crippen LogP contribution in [0.1, 0.15) is 13.3 Å². The van der Waals surface area contributed by atoms with Crippen molar-refractivity contribution in [2.24, 2.45) is 10.9 Å². The summed E-state index contributed by atoms with van der Waals surface area (Å²) >= 11 is 1.83. The maximum Gasteiger partial charge on any atom is 0.194 e. The second kappa shape index (κ2) is 10.1. The molecule has 1 N–H and O–H groups in total. The molecule has 162 valence electrons. The molecule has 4 rings (SSSR count). The van der Waals surface area contributed by atoms with Crippen LogP contribution in [0.4, 0.5) is 10.7 Å². The number of hydrogen-bond acceptors (Lipinski definition) is 5. The van der Waals surface area contributed by atoms with Gasteiger partial charge in [-0.3, -0.25) is 4.99 Å². The number of benzene rings is 1. The van der Waals surface area contributed by atoms with E-state index < -0.39 is 0 Å². The van der Waals surface area contributed by atoms with Crippen molar-refractivity contribution in [1.82, 2.24) is 10.2 Å². The zero-order valence-corrected chi connectivity index (χ0v) is 18.9. The van der Waals surface area contributed by atoms with E-state index in [4.69, 9.17) is 9.73 Å². The monoisotopic (exact) mass is 427 g/mol. The highest BCUT2D eigenvalue weighted by Gasteiger charge is 2.24. The molecule has 2 fully saturated rings. The summed E-state index contributed by atoms with van der Waals surface area (Å²) < 4.78 is 5.38. The van der Waals surface area contributed by atoms with E-state index in [1.807, 2.05) is 17.4 Å². The Morgan fingerprint density at radius 1 is 1.13 bits per heavy atom. The van der Waals surface area contributed by atoms with E-state index >= 15 is 0 Å². The normalized spacial score (nSPS) is 20.0. The van der Waals surface area contributed by atoms with Crippen LogP contribution in [-0.2, 0) is 0 Å². The minimum absolute atomic E-state index is 0.595. The Morgan fingerprint density at radius 2 is 2.00 bits per heavy atom. The molecule has 1 aromatic carbocycles. The predicted octanol–water partition coefficient (Wildman–Crippen LogP) is 3.37. The van der Waals surface area contributed by atoms with E-state index in [-0.39, 0.29) is 0 Å². The minimum Gasteiger partial charge on any atom is -0.497 e. The van der Waals surface area contributed by atoms with Crippen LogP contribution in [0.5, 0.6) is 5.75 Å². The van der Waals surface area contributed by atoms with Crippen LogP contribution in [0, 0.1) is 5.92 Å². The molecule has 2 saturated heterocycles. The van der Waals surface area contributed by atoms with Gasteiger partial charge < -0.3 is 24.8 Å². The number of anilines is 2. The molecule has 7 heteroatoms. The lowest BCUT2D eigenvalue weighted by Crippen LogP contribution is -2.52. The highest BCUT2D eigenvalue weighted by Crippen LogP contribution is 2.27. The van der Waals surface area contributed by atoms with E-state index in [0.29, 0.717) is 5.92 Å². The van der Waals surface area contributed by atoms with Gasteiger partial charge in [-0.25, -0.2) is 0 Å². The minimum atomic E-state index is 0.595. The molecule has 0 saturated carbocycles. The molecule has 0 aliphatic carbocycles. The summed E-state index contributed by atoms with van der Waals surface area (Å²) in [5, 5.41) is 7.05. The Labute approximate surface area is 184 Å². The molecule has 2 aliphatic rings. The third-order valence-electron chi connectivity index (χ3n) is 5.94. The van der Waals surface area contributed by atoms with Gasteiger partial charge in [0, 0.05) is 64.1 Å². The molecule has 1 atom stereocenters. The molecule has 6 nitrogen and oxygen atoms in total. The molecular formula is C23H33N5OS. The molecular weight excluding hydrogens is 394 g/mol.